The zero-order chi connectivity index (χ0) is 17.4. The lowest BCUT2D eigenvalue weighted by Gasteiger charge is -2.40. The van der Waals surface area contributed by atoms with E-state index in [-0.39, 0.29) is 22.9 Å². The minimum atomic E-state index is -0.524. The van der Waals surface area contributed by atoms with Crippen LogP contribution >= 0.6 is 0 Å². The lowest BCUT2D eigenvalue weighted by Crippen LogP contribution is -2.42. The van der Waals surface area contributed by atoms with Gasteiger partial charge in [0, 0.05) is 22.5 Å². The molecule has 124 valence electrons. The third kappa shape index (κ3) is 2.50. The molecule has 0 spiro atoms. The maximum atomic E-state index is 13.2. The van der Waals surface area contributed by atoms with Crippen molar-refractivity contribution in [2.75, 3.05) is 0 Å². The molecule has 0 amide bonds. The fraction of sp³-hybridized carbons (Fsp3) is 0.364. The molecular formula is C22H24O2. The Kier molecular flexibility index (Phi) is 4.16. The summed E-state index contributed by atoms with van der Waals surface area (Å²) in [5.74, 6) is 0.180. The fourth-order valence-corrected chi connectivity index (χ4v) is 4.08. The molecule has 1 aliphatic rings. The van der Waals surface area contributed by atoms with Gasteiger partial charge in [-0.2, -0.15) is 0 Å². The van der Waals surface area contributed by atoms with Crippen LogP contribution in [0.2, 0.25) is 0 Å². The van der Waals surface area contributed by atoms with E-state index in [2.05, 4.69) is 13.8 Å². The highest BCUT2D eigenvalue weighted by Gasteiger charge is 2.57. The quantitative estimate of drug-likeness (QED) is 0.726. The lowest BCUT2D eigenvalue weighted by molar-refractivity contribution is 0.0493. The van der Waals surface area contributed by atoms with Gasteiger partial charge >= 0.3 is 0 Å². The molecule has 2 aromatic rings. The number of benzene rings is 2. The second-order valence-electron chi connectivity index (χ2n) is 7.57. The maximum absolute atomic E-state index is 13.2. The first-order valence-electron chi connectivity index (χ1n) is 8.57. The summed E-state index contributed by atoms with van der Waals surface area (Å²) in [5.41, 5.74) is 0.573. The third-order valence-corrected chi connectivity index (χ3v) is 6.14. The van der Waals surface area contributed by atoms with Crippen molar-refractivity contribution in [3.8, 4) is 0 Å². The molecule has 0 radical (unpaired) electrons. The smallest absolute Gasteiger partial charge is 0.169 e. The number of rotatable bonds is 4. The van der Waals surface area contributed by atoms with Gasteiger partial charge in [0.1, 0.15) is 0 Å². The summed E-state index contributed by atoms with van der Waals surface area (Å²) in [7, 11) is 0. The van der Waals surface area contributed by atoms with E-state index in [1.807, 2.05) is 67.6 Å². The van der Waals surface area contributed by atoms with Crippen molar-refractivity contribution >= 4 is 11.6 Å². The molecule has 2 atom stereocenters. The molecular weight excluding hydrogens is 296 g/mol. The van der Waals surface area contributed by atoms with Crippen LogP contribution in [-0.4, -0.2) is 11.6 Å². The standard InChI is InChI=1S/C22H24O2/c1-21(2)18(19(23)16-10-6-4-7-11-16)14-15-22(21,3)20(24)17-12-8-5-9-13-17/h4-13,18H,14-15H2,1-3H3/t18-,22+/m1/s1. The molecule has 3 rings (SSSR count). The van der Waals surface area contributed by atoms with Gasteiger partial charge < -0.3 is 0 Å². The van der Waals surface area contributed by atoms with E-state index in [1.165, 1.54) is 0 Å². The number of carbonyl (C=O) groups excluding carboxylic acids is 2. The normalized spacial score (nSPS) is 25.4. The van der Waals surface area contributed by atoms with Crippen molar-refractivity contribution in [3.05, 3.63) is 71.8 Å². The van der Waals surface area contributed by atoms with Gasteiger partial charge in [0.25, 0.3) is 0 Å². The van der Waals surface area contributed by atoms with Crippen molar-refractivity contribution in [1.29, 1.82) is 0 Å². The SMILES string of the molecule is CC1(C)[C@@H](C(=O)c2ccccc2)CC[C@@]1(C)C(=O)c1ccccc1. The van der Waals surface area contributed by atoms with Crippen LogP contribution in [0.1, 0.15) is 54.3 Å². The van der Waals surface area contributed by atoms with Gasteiger partial charge in [-0.25, -0.2) is 0 Å². The topological polar surface area (TPSA) is 34.1 Å². The van der Waals surface area contributed by atoms with E-state index >= 15 is 0 Å². The van der Waals surface area contributed by atoms with E-state index in [0.29, 0.717) is 0 Å². The van der Waals surface area contributed by atoms with Gasteiger partial charge in [-0.15, -0.1) is 0 Å². The van der Waals surface area contributed by atoms with Crippen LogP contribution in [0.5, 0.6) is 0 Å². The molecule has 1 fully saturated rings. The minimum Gasteiger partial charge on any atom is -0.294 e. The van der Waals surface area contributed by atoms with Gasteiger partial charge in [-0.1, -0.05) is 81.4 Å². The molecule has 0 heterocycles. The molecule has 0 unspecified atom stereocenters. The predicted octanol–water partition coefficient (Wildman–Crippen LogP) is 5.19. The third-order valence-electron chi connectivity index (χ3n) is 6.14. The highest BCUT2D eigenvalue weighted by atomic mass is 16.1. The molecule has 0 aromatic heterocycles. The molecule has 24 heavy (non-hydrogen) atoms. The van der Waals surface area contributed by atoms with Gasteiger partial charge in [0.2, 0.25) is 0 Å². The van der Waals surface area contributed by atoms with Gasteiger partial charge in [0.15, 0.2) is 11.6 Å². The summed E-state index contributed by atoms with van der Waals surface area (Å²) >= 11 is 0. The average molecular weight is 320 g/mol. The number of carbonyl (C=O) groups is 2. The molecule has 1 aliphatic carbocycles. The second-order valence-corrected chi connectivity index (χ2v) is 7.57. The Morgan fingerprint density at radius 2 is 1.33 bits per heavy atom. The number of hydrogen-bond acceptors (Lipinski definition) is 2. The largest absolute Gasteiger partial charge is 0.294 e. The van der Waals surface area contributed by atoms with Gasteiger partial charge in [0.05, 0.1) is 0 Å². The molecule has 2 nitrogen and oxygen atoms in total. The molecule has 0 aliphatic heterocycles. The summed E-state index contributed by atoms with van der Waals surface area (Å²) in [6.07, 6.45) is 1.51. The summed E-state index contributed by atoms with van der Waals surface area (Å²) in [5, 5.41) is 0. The molecule has 0 bridgehead atoms. The summed E-state index contributed by atoms with van der Waals surface area (Å²) in [4.78, 5) is 26.2. The minimum absolute atomic E-state index is 0.127. The maximum Gasteiger partial charge on any atom is 0.169 e. The van der Waals surface area contributed by atoms with Crippen molar-refractivity contribution in [2.24, 2.45) is 16.7 Å². The van der Waals surface area contributed by atoms with Crippen LogP contribution in [-0.2, 0) is 0 Å². The van der Waals surface area contributed by atoms with Crippen molar-refractivity contribution in [2.45, 2.75) is 33.6 Å². The Morgan fingerprint density at radius 3 is 1.88 bits per heavy atom. The van der Waals surface area contributed by atoms with Crippen LogP contribution in [0.4, 0.5) is 0 Å². The lowest BCUT2D eigenvalue weighted by atomic mass is 9.61. The molecule has 1 saturated carbocycles. The molecule has 2 heteroatoms. The summed E-state index contributed by atoms with van der Waals surface area (Å²) in [6.45, 7) is 6.18. The highest BCUT2D eigenvalue weighted by molar-refractivity contribution is 6.03. The zero-order valence-electron chi connectivity index (χ0n) is 14.6. The molecule has 0 saturated heterocycles. The van der Waals surface area contributed by atoms with E-state index < -0.39 is 5.41 Å². The Hall–Kier alpha value is -2.22. The fourth-order valence-electron chi connectivity index (χ4n) is 4.08. The molecule has 2 aromatic carbocycles. The van der Waals surface area contributed by atoms with E-state index in [9.17, 15) is 9.59 Å². The van der Waals surface area contributed by atoms with Crippen molar-refractivity contribution < 1.29 is 9.59 Å². The number of Topliss-reactive ketones (excluding diaryl/α,β-unsaturated/α-hetero) is 2. The van der Waals surface area contributed by atoms with Crippen LogP contribution in [0, 0.1) is 16.7 Å². The monoisotopic (exact) mass is 320 g/mol. The first kappa shape index (κ1) is 16.6. The first-order chi connectivity index (χ1) is 11.4. The summed E-state index contributed by atoms with van der Waals surface area (Å²) < 4.78 is 0. The van der Waals surface area contributed by atoms with Crippen LogP contribution in [0.15, 0.2) is 60.7 Å². The van der Waals surface area contributed by atoms with E-state index in [4.69, 9.17) is 0 Å². The average Bonchev–Trinajstić information content (AvgIpc) is 2.86. The van der Waals surface area contributed by atoms with Crippen LogP contribution in [0.3, 0.4) is 0 Å². The van der Waals surface area contributed by atoms with Gasteiger partial charge in [-0.3, -0.25) is 9.59 Å². The van der Waals surface area contributed by atoms with E-state index in [1.54, 1.807) is 0 Å². The Bertz CT molecular complexity index is 746. The zero-order valence-corrected chi connectivity index (χ0v) is 14.6. The van der Waals surface area contributed by atoms with Crippen LogP contribution < -0.4 is 0 Å². The van der Waals surface area contributed by atoms with Crippen molar-refractivity contribution in [3.63, 3.8) is 0 Å². The number of hydrogen-bond donors (Lipinski definition) is 0. The molecule has 0 N–H and O–H groups in total. The van der Waals surface area contributed by atoms with Crippen molar-refractivity contribution in [1.82, 2.24) is 0 Å². The highest BCUT2D eigenvalue weighted by Crippen LogP contribution is 2.58. The first-order valence-corrected chi connectivity index (χ1v) is 8.57. The van der Waals surface area contributed by atoms with Gasteiger partial charge in [-0.05, 0) is 18.3 Å². The van der Waals surface area contributed by atoms with Crippen LogP contribution in [0.25, 0.3) is 0 Å². The number of ketones is 2. The Labute approximate surface area is 143 Å². The Balaban J connectivity index is 1.93. The summed E-state index contributed by atoms with van der Waals surface area (Å²) in [6, 6.07) is 18.9. The van der Waals surface area contributed by atoms with E-state index in [0.717, 1.165) is 24.0 Å². The second kappa shape index (κ2) is 6.01. The Morgan fingerprint density at radius 1 is 0.833 bits per heavy atom. The predicted molar refractivity (Wildman–Crippen MR) is 96.2 cm³/mol.